The van der Waals surface area contributed by atoms with E-state index < -0.39 is 11.9 Å². The van der Waals surface area contributed by atoms with E-state index in [1.54, 1.807) is 43.3 Å². The highest BCUT2D eigenvalue weighted by Crippen LogP contribution is 2.17. The lowest BCUT2D eigenvalue weighted by molar-refractivity contribution is 0.0526. The number of rotatable bonds is 5. The van der Waals surface area contributed by atoms with Crippen LogP contribution in [0.1, 0.15) is 40.3 Å². The number of benzene rings is 2. The standard InChI is InChI=1S/C21H19NO5/c1-3-13-5-10-18-16(11-13)17(23)12-19(27-18)20(24)22-15-8-6-14(7-9-15)21(25)26-4-2/h5-12H,3-4H2,1-2H3,(H,22,24). The molecule has 1 amide bonds. The molecule has 3 rings (SSSR count). The van der Waals surface area contributed by atoms with Gasteiger partial charge in [0.1, 0.15) is 5.58 Å². The number of anilines is 1. The van der Waals surface area contributed by atoms with E-state index in [0.29, 0.717) is 22.2 Å². The minimum Gasteiger partial charge on any atom is -0.462 e. The average Bonchev–Trinajstić information content (AvgIpc) is 2.68. The molecule has 0 saturated carbocycles. The van der Waals surface area contributed by atoms with Crippen molar-refractivity contribution in [1.29, 1.82) is 0 Å². The lowest BCUT2D eigenvalue weighted by Crippen LogP contribution is -2.15. The lowest BCUT2D eigenvalue weighted by Gasteiger charge is -2.07. The first kappa shape index (κ1) is 18.4. The van der Waals surface area contributed by atoms with Gasteiger partial charge >= 0.3 is 5.97 Å². The summed E-state index contributed by atoms with van der Waals surface area (Å²) < 4.78 is 10.5. The van der Waals surface area contributed by atoms with Gasteiger partial charge < -0.3 is 14.5 Å². The highest BCUT2D eigenvalue weighted by molar-refractivity contribution is 6.03. The number of carbonyl (C=O) groups excluding carboxylic acids is 2. The topological polar surface area (TPSA) is 85.6 Å². The third-order valence-corrected chi connectivity index (χ3v) is 4.08. The number of nitrogens with one attached hydrogen (secondary N) is 1. The second-order valence-electron chi connectivity index (χ2n) is 5.91. The molecular weight excluding hydrogens is 346 g/mol. The molecule has 1 heterocycles. The van der Waals surface area contributed by atoms with Crippen LogP contribution in [0.5, 0.6) is 0 Å². The summed E-state index contributed by atoms with van der Waals surface area (Å²) in [4.78, 5) is 36.4. The van der Waals surface area contributed by atoms with Gasteiger partial charge in [0.25, 0.3) is 5.91 Å². The minimum atomic E-state index is -0.544. The third kappa shape index (κ3) is 4.06. The van der Waals surface area contributed by atoms with E-state index in [1.165, 1.54) is 6.07 Å². The summed E-state index contributed by atoms with van der Waals surface area (Å²) in [5, 5.41) is 3.10. The number of hydrogen-bond acceptors (Lipinski definition) is 5. The Kier molecular flexibility index (Phi) is 5.35. The third-order valence-electron chi connectivity index (χ3n) is 4.08. The van der Waals surface area contributed by atoms with Crippen molar-refractivity contribution in [2.75, 3.05) is 11.9 Å². The van der Waals surface area contributed by atoms with Crippen LogP contribution in [0, 0.1) is 0 Å². The monoisotopic (exact) mass is 365 g/mol. The van der Waals surface area contributed by atoms with Gasteiger partial charge in [-0.25, -0.2) is 4.79 Å². The molecule has 0 spiro atoms. The fourth-order valence-electron chi connectivity index (χ4n) is 2.63. The quantitative estimate of drug-likeness (QED) is 0.696. The Morgan fingerprint density at radius 3 is 2.44 bits per heavy atom. The van der Waals surface area contributed by atoms with Crippen LogP contribution in [0.25, 0.3) is 11.0 Å². The second-order valence-corrected chi connectivity index (χ2v) is 5.91. The second kappa shape index (κ2) is 7.86. The van der Waals surface area contributed by atoms with E-state index >= 15 is 0 Å². The number of esters is 1. The Balaban J connectivity index is 1.82. The number of fused-ring (bicyclic) bond motifs is 1. The fourth-order valence-corrected chi connectivity index (χ4v) is 2.63. The zero-order valence-corrected chi connectivity index (χ0v) is 15.1. The fraction of sp³-hybridized carbons (Fsp3) is 0.190. The molecule has 138 valence electrons. The maximum atomic E-state index is 12.4. The SMILES string of the molecule is CCOC(=O)c1ccc(NC(=O)c2cc(=O)c3cc(CC)ccc3o2)cc1. The molecule has 1 aromatic heterocycles. The first-order chi connectivity index (χ1) is 13.0. The van der Waals surface area contributed by atoms with E-state index in [9.17, 15) is 14.4 Å². The van der Waals surface area contributed by atoms with Gasteiger partial charge in [-0.2, -0.15) is 0 Å². The van der Waals surface area contributed by atoms with Crippen molar-refractivity contribution in [1.82, 2.24) is 0 Å². The Labute approximate surface area is 155 Å². The molecule has 0 aliphatic heterocycles. The van der Waals surface area contributed by atoms with Crippen molar-refractivity contribution in [3.63, 3.8) is 0 Å². The normalized spacial score (nSPS) is 10.6. The summed E-state index contributed by atoms with van der Waals surface area (Å²) >= 11 is 0. The van der Waals surface area contributed by atoms with Crippen molar-refractivity contribution < 1.29 is 18.7 Å². The number of amides is 1. The molecule has 0 fully saturated rings. The summed E-state index contributed by atoms with van der Waals surface area (Å²) in [6.45, 7) is 4.02. The zero-order valence-electron chi connectivity index (χ0n) is 15.1. The van der Waals surface area contributed by atoms with E-state index in [-0.39, 0.29) is 17.8 Å². The van der Waals surface area contributed by atoms with E-state index in [2.05, 4.69) is 5.32 Å². The predicted octanol–water partition coefficient (Wildman–Crippen LogP) is 3.78. The summed E-state index contributed by atoms with van der Waals surface area (Å²) in [7, 11) is 0. The summed E-state index contributed by atoms with van der Waals surface area (Å²) in [5.74, 6) is -1.05. The van der Waals surface area contributed by atoms with E-state index in [4.69, 9.17) is 9.15 Å². The molecule has 6 heteroatoms. The highest BCUT2D eigenvalue weighted by Gasteiger charge is 2.14. The molecule has 1 N–H and O–H groups in total. The molecule has 27 heavy (non-hydrogen) atoms. The van der Waals surface area contributed by atoms with Crippen molar-refractivity contribution in [2.24, 2.45) is 0 Å². The van der Waals surface area contributed by atoms with Gasteiger partial charge in [0.05, 0.1) is 17.6 Å². The minimum absolute atomic E-state index is 0.0776. The van der Waals surface area contributed by atoms with Gasteiger partial charge in [-0.05, 0) is 55.3 Å². The molecule has 0 radical (unpaired) electrons. The summed E-state index contributed by atoms with van der Waals surface area (Å²) in [5.41, 5.74) is 1.97. The van der Waals surface area contributed by atoms with Crippen LogP contribution in [0.2, 0.25) is 0 Å². The van der Waals surface area contributed by atoms with Gasteiger partial charge in [-0.15, -0.1) is 0 Å². The Morgan fingerprint density at radius 1 is 1.04 bits per heavy atom. The van der Waals surface area contributed by atoms with Crippen LogP contribution in [0.4, 0.5) is 5.69 Å². The van der Waals surface area contributed by atoms with Gasteiger partial charge in [-0.3, -0.25) is 9.59 Å². The number of hydrogen-bond donors (Lipinski definition) is 1. The van der Waals surface area contributed by atoms with Gasteiger partial charge in [0.2, 0.25) is 0 Å². The molecule has 3 aromatic rings. The van der Waals surface area contributed by atoms with Crippen LogP contribution in [-0.4, -0.2) is 18.5 Å². The smallest absolute Gasteiger partial charge is 0.338 e. The first-order valence-electron chi connectivity index (χ1n) is 8.67. The van der Waals surface area contributed by atoms with Gasteiger partial charge in [0.15, 0.2) is 11.2 Å². The highest BCUT2D eigenvalue weighted by atomic mass is 16.5. The zero-order chi connectivity index (χ0) is 19.4. The van der Waals surface area contributed by atoms with E-state index in [0.717, 1.165) is 12.0 Å². The molecule has 0 unspecified atom stereocenters. The van der Waals surface area contributed by atoms with E-state index in [1.807, 2.05) is 13.0 Å². The number of carbonyl (C=O) groups is 2. The Hall–Kier alpha value is -3.41. The largest absolute Gasteiger partial charge is 0.462 e. The Morgan fingerprint density at radius 2 is 1.78 bits per heavy atom. The van der Waals surface area contributed by atoms with Crippen LogP contribution in [0.3, 0.4) is 0 Å². The maximum Gasteiger partial charge on any atom is 0.338 e. The number of ether oxygens (including phenoxy) is 1. The molecule has 0 aliphatic rings. The molecule has 0 bridgehead atoms. The number of aryl methyl sites for hydroxylation is 1. The van der Waals surface area contributed by atoms with Gasteiger partial charge in [0, 0.05) is 11.8 Å². The first-order valence-corrected chi connectivity index (χ1v) is 8.67. The van der Waals surface area contributed by atoms with Crippen LogP contribution < -0.4 is 10.7 Å². The van der Waals surface area contributed by atoms with Crippen molar-refractivity contribution in [2.45, 2.75) is 20.3 Å². The molecule has 2 aromatic carbocycles. The average molecular weight is 365 g/mol. The van der Waals surface area contributed by atoms with Crippen molar-refractivity contribution in [3.8, 4) is 0 Å². The van der Waals surface area contributed by atoms with Crippen molar-refractivity contribution >= 4 is 28.5 Å². The lowest BCUT2D eigenvalue weighted by atomic mass is 10.1. The predicted molar refractivity (Wildman–Crippen MR) is 102 cm³/mol. The van der Waals surface area contributed by atoms with Crippen LogP contribution >= 0.6 is 0 Å². The summed E-state index contributed by atoms with van der Waals surface area (Å²) in [6, 6.07) is 12.8. The van der Waals surface area contributed by atoms with Gasteiger partial charge in [-0.1, -0.05) is 13.0 Å². The molecule has 0 aliphatic carbocycles. The van der Waals surface area contributed by atoms with Crippen LogP contribution in [0.15, 0.2) is 57.7 Å². The maximum absolute atomic E-state index is 12.4. The van der Waals surface area contributed by atoms with Crippen LogP contribution in [-0.2, 0) is 11.2 Å². The Bertz CT molecular complexity index is 1050. The molecule has 0 atom stereocenters. The summed E-state index contributed by atoms with van der Waals surface area (Å²) in [6.07, 6.45) is 0.805. The van der Waals surface area contributed by atoms with Crippen molar-refractivity contribution in [3.05, 3.63) is 75.6 Å². The molecular formula is C21H19NO5. The molecule has 0 saturated heterocycles. The molecule has 6 nitrogen and oxygen atoms in total.